The molecule has 130 valence electrons. The molecule has 0 spiro atoms. The van der Waals surface area contributed by atoms with Crippen molar-refractivity contribution in [3.8, 4) is 0 Å². The molecule has 2 aromatic heterocycles. The van der Waals surface area contributed by atoms with Crippen molar-refractivity contribution in [2.24, 2.45) is 0 Å². The van der Waals surface area contributed by atoms with E-state index in [0.717, 1.165) is 43.0 Å². The highest BCUT2D eigenvalue weighted by atomic mass is 16.5. The maximum absolute atomic E-state index is 5.78. The van der Waals surface area contributed by atoms with Crippen molar-refractivity contribution in [2.75, 3.05) is 26.7 Å². The molecular formula is C19H22N4O2. The minimum atomic E-state index is 0.176. The fraction of sp³-hybridized carbons (Fsp3) is 0.474. The maximum Gasteiger partial charge on any atom is 0.231 e. The molecule has 3 heterocycles. The van der Waals surface area contributed by atoms with Crippen molar-refractivity contribution in [2.45, 2.75) is 31.7 Å². The van der Waals surface area contributed by atoms with Gasteiger partial charge in [0.1, 0.15) is 5.58 Å². The van der Waals surface area contributed by atoms with E-state index in [1.54, 1.807) is 0 Å². The number of hydrogen-bond acceptors (Lipinski definition) is 6. The van der Waals surface area contributed by atoms with E-state index < -0.39 is 0 Å². The van der Waals surface area contributed by atoms with Crippen molar-refractivity contribution in [1.82, 2.24) is 20.4 Å². The number of hydrogen-bond donors (Lipinski definition) is 1. The van der Waals surface area contributed by atoms with E-state index >= 15 is 0 Å². The summed E-state index contributed by atoms with van der Waals surface area (Å²) in [6.07, 6.45) is 6.02. The van der Waals surface area contributed by atoms with E-state index in [9.17, 15) is 0 Å². The molecule has 6 nitrogen and oxygen atoms in total. The Labute approximate surface area is 146 Å². The third kappa shape index (κ3) is 2.65. The summed E-state index contributed by atoms with van der Waals surface area (Å²) in [5.74, 6) is 1.41. The molecule has 0 amide bonds. The predicted octanol–water partition coefficient (Wildman–Crippen LogP) is 2.47. The molecule has 1 aliphatic heterocycles. The van der Waals surface area contributed by atoms with Gasteiger partial charge in [-0.3, -0.25) is 4.90 Å². The molecule has 6 heteroatoms. The lowest BCUT2D eigenvalue weighted by molar-refractivity contribution is 0.190. The number of fused-ring (bicyclic) bond motifs is 2. The van der Waals surface area contributed by atoms with Gasteiger partial charge in [-0.25, -0.2) is 0 Å². The topological polar surface area (TPSA) is 67.3 Å². The van der Waals surface area contributed by atoms with Gasteiger partial charge in [0.15, 0.2) is 5.82 Å². The smallest absolute Gasteiger partial charge is 0.231 e. The lowest BCUT2D eigenvalue weighted by Crippen LogP contribution is -2.44. The van der Waals surface area contributed by atoms with E-state index in [1.165, 1.54) is 29.4 Å². The molecule has 1 unspecified atom stereocenters. The predicted molar refractivity (Wildman–Crippen MR) is 93.6 cm³/mol. The average Bonchev–Trinajstić information content (AvgIpc) is 3.34. The lowest BCUT2D eigenvalue weighted by Gasteiger charge is -2.30. The second kappa shape index (κ2) is 5.97. The minimum Gasteiger partial charge on any atom is -0.464 e. The third-order valence-electron chi connectivity index (χ3n) is 5.50. The molecule has 1 aromatic carbocycles. The molecule has 2 aliphatic rings. The summed E-state index contributed by atoms with van der Waals surface area (Å²) < 4.78 is 11.3. The van der Waals surface area contributed by atoms with Gasteiger partial charge in [0.25, 0.3) is 0 Å². The monoisotopic (exact) mass is 338 g/mol. The van der Waals surface area contributed by atoms with Crippen LogP contribution in [0.3, 0.4) is 0 Å². The van der Waals surface area contributed by atoms with E-state index in [1.807, 2.05) is 6.26 Å². The summed E-state index contributed by atoms with van der Waals surface area (Å²) >= 11 is 0. The first-order valence-electron chi connectivity index (χ1n) is 9.03. The van der Waals surface area contributed by atoms with Crippen LogP contribution in [0.15, 0.2) is 27.3 Å². The zero-order chi connectivity index (χ0) is 16.8. The van der Waals surface area contributed by atoms with Crippen molar-refractivity contribution < 1.29 is 8.94 Å². The molecule has 0 bridgehead atoms. The number of furan rings is 1. The molecule has 5 rings (SSSR count). The van der Waals surface area contributed by atoms with Gasteiger partial charge in [0.2, 0.25) is 5.89 Å². The fourth-order valence-corrected chi connectivity index (χ4v) is 4.02. The van der Waals surface area contributed by atoms with Crippen LogP contribution >= 0.6 is 0 Å². The number of aromatic nitrogens is 2. The van der Waals surface area contributed by atoms with Crippen LogP contribution in [0.5, 0.6) is 0 Å². The first-order chi connectivity index (χ1) is 12.3. The summed E-state index contributed by atoms with van der Waals surface area (Å²) in [6, 6.07) is 4.66. The fourth-order valence-electron chi connectivity index (χ4n) is 4.02. The largest absolute Gasteiger partial charge is 0.464 e. The number of likely N-dealkylation sites (N-methyl/N-ethyl adjacent to an activating group) is 1. The van der Waals surface area contributed by atoms with E-state index in [0.29, 0.717) is 12.3 Å². The molecule has 1 atom stereocenters. The van der Waals surface area contributed by atoms with E-state index in [2.05, 4.69) is 39.5 Å². The Hall–Kier alpha value is -2.18. The maximum atomic E-state index is 5.78. The Bertz CT molecular complexity index is 913. The van der Waals surface area contributed by atoms with Crippen LogP contribution in [-0.2, 0) is 19.3 Å². The zero-order valence-corrected chi connectivity index (χ0v) is 14.4. The summed E-state index contributed by atoms with van der Waals surface area (Å²) in [5, 5.41) is 8.78. The Morgan fingerprint density at radius 2 is 2.16 bits per heavy atom. The summed E-state index contributed by atoms with van der Waals surface area (Å²) in [5.41, 5.74) is 4.97. The van der Waals surface area contributed by atoms with Crippen LogP contribution in [0, 0.1) is 0 Å². The van der Waals surface area contributed by atoms with Gasteiger partial charge in [-0.15, -0.1) is 0 Å². The molecule has 0 saturated carbocycles. The normalized spacial score (nSPS) is 21.1. The van der Waals surface area contributed by atoms with Gasteiger partial charge in [0, 0.05) is 30.6 Å². The second-order valence-corrected chi connectivity index (χ2v) is 7.16. The third-order valence-corrected chi connectivity index (χ3v) is 5.50. The molecule has 1 aliphatic carbocycles. The van der Waals surface area contributed by atoms with Gasteiger partial charge in [0.05, 0.1) is 18.7 Å². The molecule has 1 fully saturated rings. The first-order valence-corrected chi connectivity index (χ1v) is 9.03. The van der Waals surface area contributed by atoms with Crippen LogP contribution < -0.4 is 5.32 Å². The second-order valence-electron chi connectivity index (χ2n) is 7.16. The van der Waals surface area contributed by atoms with Crippen molar-refractivity contribution in [3.05, 3.63) is 46.8 Å². The number of benzene rings is 1. The average molecular weight is 338 g/mol. The van der Waals surface area contributed by atoms with E-state index in [-0.39, 0.29) is 6.04 Å². The standard InChI is InChI=1S/C19H22N4O2/c1-23-6-5-20-10-16(23)19-21-18(25-22-19)9-14-11-24-17-8-13-4-2-3-12(13)7-15(14)17/h7-8,11,16,20H,2-6,9-10H2,1H3. The molecular weight excluding hydrogens is 316 g/mol. The number of rotatable bonds is 3. The first kappa shape index (κ1) is 15.1. The van der Waals surface area contributed by atoms with Gasteiger partial charge < -0.3 is 14.3 Å². The summed E-state index contributed by atoms with van der Waals surface area (Å²) in [7, 11) is 2.10. The molecule has 3 aromatic rings. The van der Waals surface area contributed by atoms with Gasteiger partial charge in [-0.05, 0) is 49.6 Å². The van der Waals surface area contributed by atoms with Crippen molar-refractivity contribution in [3.63, 3.8) is 0 Å². The molecule has 1 N–H and O–H groups in total. The molecule has 0 radical (unpaired) electrons. The Morgan fingerprint density at radius 3 is 3.04 bits per heavy atom. The van der Waals surface area contributed by atoms with Gasteiger partial charge >= 0.3 is 0 Å². The van der Waals surface area contributed by atoms with Crippen LogP contribution in [-0.4, -0.2) is 41.7 Å². The van der Waals surface area contributed by atoms with Crippen LogP contribution in [0.2, 0.25) is 0 Å². The quantitative estimate of drug-likeness (QED) is 0.791. The highest BCUT2D eigenvalue weighted by Crippen LogP contribution is 2.31. The Balaban J connectivity index is 1.41. The highest BCUT2D eigenvalue weighted by molar-refractivity contribution is 5.83. The Kier molecular flexibility index (Phi) is 3.60. The lowest BCUT2D eigenvalue weighted by atomic mass is 10.0. The van der Waals surface area contributed by atoms with Crippen molar-refractivity contribution in [1.29, 1.82) is 0 Å². The van der Waals surface area contributed by atoms with Crippen LogP contribution in [0.4, 0.5) is 0 Å². The number of nitrogens with one attached hydrogen (secondary N) is 1. The highest BCUT2D eigenvalue weighted by Gasteiger charge is 2.25. The minimum absolute atomic E-state index is 0.176. The van der Waals surface area contributed by atoms with E-state index in [4.69, 9.17) is 8.94 Å². The molecule has 1 saturated heterocycles. The van der Waals surface area contributed by atoms with Crippen LogP contribution in [0.1, 0.15) is 40.9 Å². The van der Waals surface area contributed by atoms with Crippen molar-refractivity contribution >= 4 is 11.0 Å². The number of aryl methyl sites for hydroxylation is 2. The van der Waals surface area contributed by atoms with Gasteiger partial charge in [-0.1, -0.05) is 5.16 Å². The number of nitrogens with zero attached hydrogens (tertiary/aromatic N) is 3. The summed E-state index contributed by atoms with van der Waals surface area (Å²) in [6.45, 7) is 2.85. The number of piperazine rings is 1. The summed E-state index contributed by atoms with van der Waals surface area (Å²) in [4.78, 5) is 6.90. The Morgan fingerprint density at radius 1 is 1.28 bits per heavy atom. The zero-order valence-electron chi connectivity index (χ0n) is 14.4. The van der Waals surface area contributed by atoms with Crippen LogP contribution in [0.25, 0.3) is 11.0 Å². The molecule has 25 heavy (non-hydrogen) atoms. The van der Waals surface area contributed by atoms with Gasteiger partial charge in [-0.2, -0.15) is 4.98 Å². The SMILES string of the molecule is CN1CCNCC1c1noc(Cc2coc3cc4c(cc23)CCC4)n1.